The predicted molar refractivity (Wildman–Crippen MR) is 101 cm³/mol. The first-order chi connectivity index (χ1) is 13.6. The number of aromatic nitrogens is 3. The van der Waals surface area contributed by atoms with Gasteiger partial charge in [0.25, 0.3) is 0 Å². The van der Waals surface area contributed by atoms with Crippen LogP contribution in [0.4, 0.5) is 26.1 Å². The summed E-state index contributed by atoms with van der Waals surface area (Å²) in [4.78, 5) is 8.22. The molecule has 140 valence electrons. The lowest BCUT2D eigenvalue weighted by Crippen LogP contribution is -1.99. The van der Waals surface area contributed by atoms with Crippen LogP contribution in [-0.2, 0) is 6.42 Å². The van der Waals surface area contributed by atoms with E-state index in [2.05, 4.69) is 20.4 Å². The minimum atomic E-state index is -0.685. The van der Waals surface area contributed by atoms with Crippen LogP contribution in [0.1, 0.15) is 11.3 Å². The molecule has 0 bridgehead atoms. The van der Waals surface area contributed by atoms with Crippen LogP contribution in [0.3, 0.4) is 0 Å². The van der Waals surface area contributed by atoms with E-state index < -0.39 is 11.6 Å². The molecular formula is C20H15F2N5O. The fourth-order valence-electron chi connectivity index (χ4n) is 2.71. The monoisotopic (exact) mass is 379 g/mol. The van der Waals surface area contributed by atoms with Gasteiger partial charge in [-0.2, -0.15) is 0 Å². The van der Waals surface area contributed by atoms with Gasteiger partial charge in [0.1, 0.15) is 29.0 Å². The molecule has 0 fully saturated rings. The van der Waals surface area contributed by atoms with Crippen LogP contribution in [0.2, 0.25) is 0 Å². The molecule has 8 heteroatoms. The van der Waals surface area contributed by atoms with Gasteiger partial charge >= 0.3 is 0 Å². The molecule has 0 amide bonds. The van der Waals surface area contributed by atoms with Crippen molar-refractivity contribution in [3.05, 3.63) is 83.8 Å². The molecule has 0 aliphatic carbocycles. The zero-order valence-electron chi connectivity index (χ0n) is 14.6. The number of rotatable bonds is 5. The maximum atomic E-state index is 13.7. The maximum absolute atomic E-state index is 13.7. The van der Waals surface area contributed by atoms with Crippen molar-refractivity contribution >= 4 is 17.3 Å². The second-order valence-electron chi connectivity index (χ2n) is 6.07. The molecule has 3 aromatic heterocycles. The van der Waals surface area contributed by atoms with E-state index in [4.69, 9.17) is 10.3 Å². The Labute approximate surface area is 159 Å². The fraction of sp³-hybridized carbons (Fsp3) is 0.0500. The van der Waals surface area contributed by atoms with Gasteiger partial charge < -0.3 is 15.6 Å². The minimum Gasteiger partial charge on any atom is -0.383 e. The van der Waals surface area contributed by atoms with Crippen LogP contribution in [0.5, 0.6) is 0 Å². The molecule has 28 heavy (non-hydrogen) atoms. The zero-order chi connectivity index (χ0) is 19.5. The number of nitrogens with zero attached hydrogens (tertiary/aromatic N) is 3. The highest BCUT2D eigenvalue weighted by Crippen LogP contribution is 2.26. The highest BCUT2D eigenvalue weighted by atomic mass is 19.1. The molecule has 0 radical (unpaired) electrons. The molecule has 4 aromatic rings. The predicted octanol–water partition coefficient (Wildman–Crippen LogP) is 4.33. The number of anilines is 3. The van der Waals surface area contributed by atoms with Gasteiger partial charge in [-0.3, -0.25) is 0 Å². The first-order valence-electron chi connectivity index (χ1n) is 8.42. The van der Waals surface area contributed by atoms with Gasteiger partial charge in [0.2, 0.25) is 0 Å². The highest BCUT2D eigenvalue weighted by Gasteiger charge is 2.12. The third-order valence-electron chi connectivity index (χ3n) is 4.09. The number of nitrogen functional groups attached to an aromatic ring is 1. The van der Waals surface area contributed by atoms with Crippen LogP contribution >= 0.6 is 0 Å². The standard InChI is InChI=1S/C20H15F2N5O/c21-15-4-1-5-16(22)19(15)26-18-7-6-12(11-25-18)9-13-10-17(28-27-13)14-3-2-8-24-20(14)23/h1-8,10-11H,9H2,(H2,23,24)(H,25,26). The molecule has 0 spiro atoms. The Bertz CT molecular complexity index is 1090. The first-order valence-corrected chi connectivity index (χ1v) is 8.42. The Kier molecular flexibility index (Phi) is 4.67. The van der Waals surface area contributed by atoms with Crippen molar-refractivity contribution in [3.63, 3.8) is 0 Å². The van der Waals surface area contributed by atoms with E-state index in [0.29, 0.717) is 35.1 Å². The van der Waals surface area contributed by atoms with E-state index in [9.17, 15) is 8.78 Å². The van der Waals surface area contributed by atoms with Crippen molar-refractivity contribution in [1.82, 2.24) is 15.1 Å². The zero-order valence-corrected chi connectivity index (χ0v) is 14.6. The van der Waals surface area contributed by atoms with E-state index in [0.717, 1.165) is 5.56 Å². The Morgan fingerprint density at radius 1 is 1.00 bits per heavy atom. The topological polar surface area (TPSA) is 89.9 Å². The summed E-state index contributed by atoms with van der Waals surface area (Å²) < 4.78 is 32.8. The molecule has 0 unspecified atom stereocenters. The molecule has 0 saturated heterocycles. The van der Waals surface area contributed by atoms with Crippen LogP contribution < -0.4 is 11.1 Å². The van der Waals surface area contributed by atoms with Crippen molar-refractivity contribution in [3.8, 4) is 11.3 Å². The van der Waals surface area contributed by atoms with Crippen molar-refractivity contribution in [1.29, 1.82) is 0 Å². The summed E-state index contributed by atoms with van der Waals surface area (Å²) in [6.07, 6.45) is 3.68. The molecule has 0 saturated carbocycles. The quantitative estimate of drug-likeness (QED) is 0.537. The number of hydrogen-bond acceptors (Lipinski definition) is 6. The molecule has 3 heterocycles. The third kappa shape index (κ3) is 3.66. The second-order valence-corrected chi connectivity index (χ2v) is 6.07. The van der Waals surface area contributed by atoms with Crippen molar-refractivity contribution in [2.45, 2.75) is 6.42 Å². The van der Waals surface area contributed by atoms with Crippen LogP contribution in [0.15, 0.2) is 65.4 Å². The van der Waals surface area contributed by atoms with E-state index in [1.165, 1.54) is 18.2 Å². The van der Waals surface area contributed by atoms with Gasteiger partial charge in [-0.1, -0.05) is 17.3 Å². The van der Waals surface area contributed by atoms with Gasteiger partial charge in [0, 0.05) is 24.9 Å². The largest absolute Gasteiger partial charge is 0.383 e. The molecule has 0 aliphatic rings. The lowest BCUT2D eigenvalue weighted by molar-refractivity contribution is 0.425. The van der Waals surface area contributed by atoms with E-state index in [1.807, 2.05) is 0 Å². The summed E-state index contributed by atoms with van der Waals surface area (Å²) in [7, 11) is 0. The molecule has 1 aromatic carbocycles. The molecule has 0 atom stereocenters. The Morgan fingerprint density at radius 2 is 1.82 bits per heavy atom. The lowest BCUT2D eigenvalue weighted by atomic mass is 10.1. The van der Waals surface area contributed by atoms with Crippen molar-refractivity contribution in [2.24, 2.45) is 0 Å². The average molecular weight is 379 g/mol. The van der Waals surface area contributed by atoms with E-state index in [-0.39, 0.29) is 5.69 Å². The summed E-state index contributed by atoms with van der Waals surface area (Å²) in [5, 5.41) is 6.69. The third-order valence-corrected chi connectivity index (χ3v) is 4.09. The normalized spacial score (nSPS) is 10.8. The van der Waals surface area contributed by atoms with Gasteiger partial charge in [-0.25, -0.2) is 18.7 Å². The van der Waals surface area contributed by atoms with Gasteiger partial charge in [0.05, 0.1) is 11.3 Å². The van der Waals surface area contributed by atoms with Crippen molar-refractivity contribution in [2.75, 3.05) is 11.1 Å². The number of benzene rings is 1. The fourth-order valence-corrected chi connectivity index (χ4v) is 2.71. The average Bonchev–Trinajstić information content (AvgIpc) is 3.15. The molecule has 6 nitrogen and oxygen atoms in total. The minimum absolute atomic E-state index is 0.238. The number of nitrogens with two attached hydrogens (primary N) is 1. The Morgan fingerprint density at radius 3 is 2.54 bits per heavy atom. The Hall–Kier alpha value is -3.81. The Balaban J connectivity index is 1.48. The highest BCUT2D eigenvalue weighted by molar-refractivity contribution is 5.69. The summed E-state index contributed by atoms with van der Waals surface area (Å²) in [5.74, 6) is -0.146. The first kappa shape index (κ1) is 17.6. The second kappa shape index (κ2) is 7.43. The van der Waals surface area contributed by atoms with Crippen molar-refractivity contribution < 1.29 is 13.3 Å². The summed E-state index contributed by atoms with van der Waals surface area (Å²) in [6.45, 7) is 0. The van der Waals surface area contributed by atoms with E-state index >= 15 is 0 Å². The lowest BCUT2D eigenvalue weighted by Gasteiger charge is -2.08. The maximum Gasteiger partial charge on any atom is 0.170 e. The molecule has 0 aliphatic heterocycles. The number of hydrogen-bond donors (Lipinski definition) is 2. The van der Waals surface area contributed by atoms with Crippen LogP contribution in [0.25, 0.3) is 11.3 Å². The molecular weight excluding hydrogens is 364 g/mol. The van der Waals surface area contributed by atoms with Crippen LogP contribution in [-0.4, -0.2) is 15.1 Å². The SMILES string of the molecule is Nc1ncccc1-c1cc(Cc2ccc(Nc3c(F)cccc3F)nc2)no1. The van der Waals surface area contributed by atoms with Gasteiger partial charge in [0.15, 0.2) is 5.76 Å². The molecule has 4 rings (SSSR count). The van der Waals surface area contributed by atoms with E-state index in [1.54, 1.807) is 42.7 Å². The summed E-state index contributed by atoms with van der Waals surface area (Å²) in [5.41, 5.74) is 7.84. The smallest absolute Gasteiger partial charge is 0.170 e. The summed E-state index contributed by atoms with van der Waals surface area (Å²) in [6, 6.07) is 12.4. The number of nitrogens with one attached hydrogen (secondary N) is 1. The summed E-state index contributed by atoms with van der Waals surface area (Å²) >= 11 is 0. The van der Waals surface area contributed by atoms with Gasteiger partial charge in [-0.05, 0) is 35.9 Å². The number of halogens is 2. The van der Waals surface area contributed by atoms with Crippen LogP contribution in [0, 0.1) is 11.6 Å². The van der Waals surface area contributed by atoms with Gasteiger partial charge in [-0.15, -0.1) is 0 Å². The molecule has 3 N–H and O–H groups in total. The number of para-hydroxylation sites is 1. The number of pyridine rings is 2.